The molecule has 4 nitrogen and oxygen atoms in total. The predicted octanol–water partition coefficient (Wildman–Crippen LogP) is 8.61. The predicted molar refractivity (Wildman–Crippen MR) is 148 cm³/mol. The summed E-state index contributed by atoms with van der Waals surface area (Å²) >= 11 is 0. The Morgan fingerprint density at radius 2 is 1.54 bits per heavy atom. The maximum Gasteiger partial charge on any atom is 0.265 e. The van der Waals surface area contributed by atoms with Crippen LogP contribution in [-0.4, -0.2) is 18.6 Å². The summed E-state index contributed by atoms with van der Waals surface area (Å²) in [4.78, 5) is 13.2. The normalized spacial score (nSPS) is 12.3. The minimum atomic E-state index is -0.540. The zero-order valence-corrected chi connectivity index (χ0v) is 22.9. The number of nitrogens with one attached hydrogen (secondary N) is 1. The van der Waals surface area contributed by atoms with Crippen LogP contribution in [0.4, 0.5) is 5.69 Å². The number of carbonyl (C=O) groups is 1. The molecule has 2 aromatic rings. The molecule has 0 aliphatic heterocycles. The Kier molecular flexibility index (Phi) is 12.2. The van der Waals surface area contributed by atoms with E-state index in [0.29, 0.717) is 12.2 Å². The Hall–Kier alpha value is -2.49. The molecule has 0 spiro atoms. The van der Waals surface area contributed by atoms with E-state index in [1.807, 2.05) is 43.3 Å². The van der Waals surface area contributed by atoms with Gasteiger partial charge in [0, 0.05) is 11.3 Å². The van der Waals surface area contributed by atoms with Gasteiger partial charge >= 0.3 is 0 Å². The third kappa shape index (κ3) is 10.3. The highest BCUT2D eigenvalue weighted by Crippen LogP contribution is 2.35. The van der Waals surface area contributed by atoms with E-state index in [1.165, 1.54) is 25.7 Å². The molecule has 1 N–H and O–H groups in total. The first-order chi connectivity index (χ1) is 16.7. The maximum absolute atomic E-state index is 13.2. The Labute approximate surface area is 213 Å². The van der Waals surface area contributed by atoms with Crippen molar-refractivity contribution in [3.8, 4) is 11.5 Å². The number of carbonyl (C=O) groups excluding carboxylic acids is 1. The smallest absolute Gasteiger partial charge is 0.265 e. The summed E-state index contributed by atoms with van der Waals surface area (Å²) in [6, 6.07) is 13.9. The molecule has 0 saturated carbocycles. The van der Waals surface area contributed by atoms with Gasteiger partial charge in [-0.1, -0.05) is 90.8 Å². The summed E-state index contributed by atoms with van der Waals surface area (Å²) in [5.41, 5.74) is 2.97. The SMILES string of the molecule is CCCCCCOc1ccc(OC(CCCCCC)C(=O)Nc2ccc(C)cc2)cc1C(C)(C)C. The van der Waals surface area contributed by atoms with E-state index in [1.54, 1.807) is 0 Å². The van der Waals surface area contributed by atoms with Crippen LogP contribution in [0.5, 0.6) is 11.5 Å². The molecule has 1 unspecified atom stereocenters. The maximum atomic E-state index is 13.2. The summed E-state index contributed by atoms with van der Waals surface area (Å²) in [6.45, 7) is 13.7. The molecule has 0 aliphatic rings. The lowest BCUT2D eigenvalue weighted by Gasteiger charge is -2.25. The van der Waals surface area contributed by atoms with Crippen molar-refractivity contribution in [2.45, 2.75) is 111 Å². The number of ether oxygens (including phenoxy) is 2. The van der Waals surface area contributed by atoms with Gasteiger partial charge in [-0.05, 0) is 61.9 Å². The average molecular weight is 482 g/mol. The van der Waals surface area contributed by atoms with Gasteiger partial charge in [0.05, 0.1) is 6.61 Å². The molecule has 4 heteroatoms. The molecule has 0 radical (unpaired) electrons. The van der Waals surface area contributed by atoms with Gasteiger partial charge in [-0.3, -0.25) is 4.79 Å². The lowest BCUT2D eigenvalue weighted by Crippen LogP contribution is -2.33. The number of benzene rings is 2. The second kappa shape index (κ2) is 14.8. The molecule has 0 fully saturated rings. The topological polar surface area (TPSA) is 47.6 Å². The fraction of sp³-hybridized carbons (Fsp3) is 0.581. The van der Waals surface area contributed by atoms with Crippen LogP contribution in [0.25, 0.3) is 0 Å². The molecule has 0 bridgehead atoms. The molecule has 1 atom stereocenters. The van der Waals surface area contributed by atoms with E-state index in [2.05, 4.69) is 46.0 Å². The zero-order valence-electron chi connectivity index (χ0n) is 22.9. The summed E-state index contributed by atoms with van der Waals surface area (Å²) in [5, 5.41) is 3.04. The summed E-state index contributed by atoms with van der Waals surface area (Å²) in [6.07, 6.45) is 9.27. The highest BCUT2D eigenvalue weighted by molar-refractivity contribution is 5.94. The molecule has 194 valence electrons. The number of unbranched alkanes of at least 4 members (excludes halogenated alkanes) is 6. The quantitative estimate of drug-likeness (QED) is 0.259. The van der Waals surface area contributed by atoms with Gasteiger partial charge in [0.2, 0.25) is 0 Å². The van der Waals surface area contributed by atoms with Crippen LogP contribution >= 0.6 is 0 Å². The van der Waals surface area contributed by atoms with Crippen molar-refractivity contribution < 1.29 is 14.3 Å². The Morgan fingerprint density at radius 1 is 0.886 bits per heavy atom. The van der Waals surface area contributed by atoms with E-state index in [-0.39, 0.29) is 11.3 Å². The first-order valence-electron chi connectivity index (χ1n) is 13.6. The van der Waals surface area contributed by atoms with Crippen LogP contribution in [-0.2, 0) is 10.2 Å². The van der Waals surface area contributed by atoms with E-state index in [9.17, 15) is 4.79 Å². The molecule has 0 aromatic heterocycles. The molecule has 0 saturated heterocycles. The van der Waals surface area contributed by atoms with Crippen molar-refractivity contribution in [3.63, 3.8) is 0 Å². The number of aryl methyl sites for hydroxylation is 1. The minimum absolute atomic E-state index is 0.0982. The largest absolute Gasteiger partial charge is 0.493 e. The van der Waals surface area contributed by atoms with Crippen molar-refractivity contribution in [3.05, 3.63) is 53.6 Å². The van der Waals surface area contributed by atoms with Crippen molar-refractivity contribution in [1.29, 1.82) is 0 Å². The van der Waals surface area contributed by atoms with E-state index in [0.717, 1.165) is 54.9 Å². The van der Waals surface area contributed by atoms with E-state index < -0.39 is 6.10 Å². The number of rotatable bonds is 15. The van der Waals surface area contributed by atoms with E-state index in [4.69, 9.17) is 9.47 Å². The van der Waals surface area contributed by atoms with Crippen LogP contribution in [0.3, 0.4) is 0 Å². The fourth-order valence-electron chi connectivity index (χ4n) is 4.03. The Balaban J connectivity index is 2.16. The molecule has 35 heavy (non-hydrogen) atoms. The molecule has 1 amide bonds. The van der Waals surface area contributed by atoms with Crippen LogP contribution in [0, 0.1) is 6.92 Å². The third-order valence-corrected chi connectivity index (χ3v) is 6.22. The molecule has 0 heterocycles. The molecular weight excluding hydrogens is 434 g/mol. The average Bonchev–Trinajstić information content (AvgIpc) is 2.82. The number of hydrogen-bond acceptors (Lipinski definition) is 3. The zero-order chi connectivity index (χ0) is 25.7. The highest BCUT2D eigenvalue weighted by Gasteiger charge is 2.24. The molecule has 2 rings (SSSR count). The van der Waals surface area contributed by atoms with Crippen LogP contribution in [0.1, 0.15) is 104 Å². The minimum Gasteiger partial charge on any atom is -0.493 e. The Bertz CT molecular complexity index is 883. The van der Waals surface area contributed by atoms with E-state index >= 15 is 0 Å². The first-order valence-corrected chi connectivity index (χ1v) is 13.6. The number of hydrogen-bond donors (Lipinski definition) is 1. The van der Waals surface area contributed by atoms with Crippen molar-refractivity contribution in [2.75, 3.05) is 11.9 Å². The third-order valence-electron chi connectivity index (χ3n) is 6.22. The van der Waals surface area contributed by atoms with Crippen molar-refractivity contribution >= 4 is 11.6 Å². The van der Waals surface area contributed by atoms with Gasteiger partial charge in [0.1, 0.15) is 11.5 Å². The second-order valence-corrected chi connectivity index (χ2v) is 10.6. The second-order valence-electron chi connectivity index (χ2n) is 10.6. The molecule has 2 aromatic carbocycles. The first kappa shape index (κ1) is 28.7. The summed E-state index contributed by atoms with van der Waals surface area (Å²) in [5.74, 6) is 1.52. The summed E-state index contributed by atoms with van der Waals surface area (Å²) in [7, 11) is 0. The van der Waals surface area contributed by atoms with Crippen molar-refractivity contribution in [1.82, 2.24) is 0 Å². The van der Waals surface area contributed by atoms with Gasteiger partial charge in [0.25, 0.3) is 5.91 Å². The van der Waals surface area contributed by atoms with Gasteiger partial charge < -0.3 is 14.8 Å². The van der Waals surface area contributed by atoms with Crippen LogP contribution < -0.4 is 14.8 Å². The van der Waals surface area contributed by atoms with Crippen LogP contribution in [0.15, 0.2) is 42.5 Å². The lowest BCUT2D eigenvalue weighted by molar-refractivity contribution is -0.123. The number of amides is 1. The van der Waals surface area contributed by atoms with Gasteiger partial charge in [0.15, 0.2) is 6.10 Å². The van der Waals surface area contributed by atoms with Crippen LogP contribution in [0.2, 0.25) is 0 Å². The fourth-order valence-corrected chi connectivity index (χ4v) is 4.03. The lowest BCUT2D eigenvalue weighted by atomic mass is 9.86. The standard InChI is InChI=1S/C31H47NO3/c1-7-9-11-13-15-29(30(33)32-25-18-16-24(3)17-19-25)35-26-20-21-28(27(23-26)31(4,5)6)34-22-14-12-10-8-2/h16-21,23,29H,7-15,22H2,1-6H3,(H,32,33). The highest BCUT2D eigenvalue weighted by atomic mass is 16.5. The molecule has 0 aliphatic carbocycles. The number of anilines is 1. The van der Waals surface area contributed by atoms with Gasteiger partial charge in [-0.25, -0.2) is 0 Å². The molecular formula is C31H47NO3. The monoisotopic (exact) mass is 481 g/mol. The van der Waals surface area contributed by atoms with Gasteiger partial charge in [-0.15, -0.1) is 0 Å². The summed E-state index contributed by atoms with van der Waals surface area (Å²) < 4.78 is 12.5. The van der Waals surface area contributed by atoms with Gasteiger partial charge in [-0.2, -0.15) is 0 Å². The van der Waals surface area contributed by atoms with Crippen molar-refractivity contribution in [2.24, 2.45) is 0 Å². The Morgan fingerprint density at radius 3 is 2.17 bits per heavy atom.